The Kier molecular flexibility index (Phi) is 8.54. The molecule has 0 aliphatic rings. The molecule has 2 aromatic carbocycles. The highest BCUT2D eigenvalue weighted by Gasteiger charge is 2.07. The van der Waals surface area contributed by atoms with Crippen molar-refractivity contribution in [1.29, 1.82) is 0 Å². The summed E-state index contributed by atoms with van der Waals surface area (Å²) in [6.07, 6.45) is -15.6. The molecule has 0 unspecified atom stereocenters. The summed E-state index contributed by atoms with van der Waals surface area (Å²) in [5, 5.41) is 21.8. The molecule has 2 atom stereocenters. The Hall–Kier alpha value is -1.95. The minimum absolute atomic E-state index is 0. The molecule has 0 aliphatic carbocycles. The van der Waals surface area contributed by atoms with Crippen molar-refractivity contribution >= 4 is 50.1 Å². The van der Waals surface area contributed by atoms with Crippen LogP contribution in [0.5, 0.6) is 0 Å². The van der Waals surface area contributed by atoms with Gasteiger partial charge in [-0.1, -0.05) is 60.4 Å². The average Bonchev–Trinajstić information content (AvgIpc) is 3.00. The normalized spacial score (nSPS) is 23.1. The van der Waals surface area contributed by atoms with Crippen LogP contribution in [0, 0.1) is 0 Å². The fourth-order valence-corrected chi connectivity index (χ4v) is 1.12. The van der Waals surface area contributed by atoms with Crippen molar-refractivity contribution in [2.24, 2.45) is 5.73 Å². The monoisotopic (exact) mass is 542 g/mol. The van der Waals surface area contributed by atoms with Gasteiger partial charge in [-0.25, -0.2) is 9.59 Å². The summed E-state index contributed by atoms with van der Waals surface area (Å²) < 4.78 is 159. The Morgan fingerprint density at radius 3 is 1.73 bits per heavy atom. The van der Waals surface area contributed by atoms with Gasteiger partial charge in [-0.3, -0.25) is 0 Å². The van der Waals surface area contributed by atoms with Gasteiger partial charge >= 0.3 is 11.5 Å². The van der Waals surface area contributed by atoms with Crippen LogP contribution < -0.4 is 11.1 Å². The largest absolute Gasteiger partial charge is 0.457 e. The number of hydrogen-bond donors (Lipinski definition) is 4. The molecule has 8 nitrogen and oxygen atoms in total. The number of halogens is 1. The number of hydrogen-bond acceptors (Lipinski definition) is 7. The van der Waals surface area contributed by atoms with Crippen LogP contribution in [-0.4, -0.2) is 48.9 Å². The van der Waals surface area contributed by atoms with Crippen LogP contribution in [0.1, 0.15) is 63.4 Å². The molecule has 0 saturated heterocycles. The van der Waals surface area contributed by atoms with Crippen molar-refractivity contribution in [1.82, 2.24) is 5.32 Å². The third-order valence-corrected chi connectivity index (χ3v) is 2.51. The number of aliphatic hydroxyl groups is 2. The maximum atomic E-state index is 11.2. The molecule has 0 spiro atoms. The molecule has 11 heteroatoms. The molecule has 0 aromatic heterocycles. The van der Waals surface area contributed by atoms with Gasteiger partial charge in [0.1, 0.15) is 0 Å². The minimum Gasteiger partial charge on any atom is -0.457 e. The molecule has 0 fully saturated rings. The van der Waals surface area contributed by atoms with E-state index in [1.807, 2.05) is 0 Å². The van der Waals surface area contributed by atoms with Gasteiger partial charge in [-0.2, -0.15) is 27.0 Å². The summed E-state index contributed by atoms with van der Waals surface area (Å²) in [5.74, 6) is 0. The van der Waals surface area contributed by atoms with E-state index >= 15 is 0 Å². The van der Waals surface area contributed by atoms with E-state index in [4.69, 9.17) is 33.1 Å². The fourth-order valence-electron chi connectivity index (χ4n) is 1.12. The summed E-state index contributed by atoms with van der Waals surface area (Å²) in [4.78, 5) is 20.5. The average molecular weight is 543 g/mol. The molecule has 0 saturated carbocycles. The molecule has 2 rings (SSSR count). The van der Waals surface area contributed by atoms with Crippen LogP contribution in [0.3, 0.4) is 0 Å². The number of methoxy groups -OCH3 is 2. The molecule has 0 bridgehead atoms. The lowest BCUT2D eigenvalue weighted by Crippen LogP contribution is -2.25. The molecule has 0 aliphatic heterocycles. The van der Waals surface area contributed by atoms with E-state index in [2.05, 4.69) is 21.1 Å². The lowest BCUT2D eigenvalue weighted by molar-refractivity contribution is 0.155. The van der Waals surface area contributed by atoms with Gasteiger partial charge in [0.05, 0.1) is 42.8 Å². The Morgan fingerprint density at radius 1 is 1.00 bits per heavy atom. The Morgan fingerprint density at radius 2 is 1.39 bits per heavy atom. The number of carbonyl (C=O) groups is 2. The highest BCUT2D eigenvalue weighted by atomic mass is 35.5. The predicted molar refractivity (Wildman–Crippen MR) is 141 cm³/mol. The number of carbonyl (C=O) groups excluding carboxylic acids is 2. The van der Waals surface area contributed by atoms with Gasteiger partial charge < -0.3 is 30.7 Å². The molecular weight excluding hydrogens is 488 g/mol. The number of nitrogens with one attached hydrogen (secondary N) is 1. The molecule has 0 radical (unpaired) electrons. The van der Waals surface area contributed by atoms with Crippen molar-refractivity contribution in [2.75, 3.05) is 27.2 Å². The first kappa shape index (κ1) is 12.1. The van der Waals surface area contributed by atoms with Crippen LogP contribution in [0.15, 0.2) is 60.4 Å². The SMILES string of the molecule is COC(=O)Cl.S.S.[2H]c1c([2H])c([2H])c([C@@]([2H])(O)C([2H])([2H])C([2H])([2H])N)c([2H])c1[2H].[2H]c1c([2H])c([2H])c([C@@]([2H])(O)C([2H])([2H])C([2H])([2H])NC(=O)OC)c([2H])c1[2H]. The second-order valence-corrected chi connectivity index (χ2v) is 4.58. The lowest BCUT2D eigenvalue weighted by Gasteiger charge is -2.10. The summed E-state index contributed by atoms with van der Waals surface area (Å²) in [6, 6.07) is -9.33. The van der Waals surface area contributed by atoms with Crippen LogP contribution in [0.25, 0.3) is 0 Å². The van der Waals surface area contributed by atoms with E-state index in [1.165, 1.54) is 12.4 Å². The van der Waals surface area contributed by atoms with Crippen LogP contribution >= 0.6 is 38.6 Å². The number of ether oxygens (including phenoxy) is 2. The van der Waals surface area contributed by atoms with Gasteiger partial charge in [-0.15, -0.1) is 0 Å². The molecule has 5 N–H and O–H groups in total. The Labute approximate surface area is 242 Å². The molecule has 1 amide bonds. The van der Waals surface area contributed by atoms with Gasteiger partial charge in [0.25, 0.3) is 0 Å². The zero-order chi connectivity index (χ0) is 41.2. The van der Waals surface area contributed by atoms with Crippen LogP contribution in [0.2, 0.25) is 0 Å². The van der Waals surface area contributed by atoms with Crippen molar-refractivity contribution in [2.45, 2.75) is 24.9 Å². The van der Waals surface area contributed by atoms with E-state index in [9.17, 15) is 19.8 Å². The van der Waals surface area contributed by atoms with Crippen molar-refractivity contribution in [3.05, 3.63) is 71.6 Å². The van der Waals surface area contributed by atoms with E-state index in [0.717, 1.165) is 7.11 Å². The number of benzene rings is 2. The van der Waals surface area contributed by atoms with Crippen molar-refractivity contribution < 1.29 is 56.7 Å². The highest BCUT2D eigenvalue weighted by molar-refractivity contribution is 7.59. The van der Waals surface area contributed by atoms with Crippen LogP contribution in [0.4, 0.5) is 9.59 Å². The second-order valence-electron chi connectivity index (χ2n) is 4.27. The first-order valence-corrected chi connectivity index (χ1v) is 7.94. The summed E-state index contributed by atoms with van der Waals surface area (Å²) in [5.41, 5.74) is 1.95. The predicted octanol–water partition coefficient (Wildman–Crippen LogP) is 3.75. The van der Waals surface area contributed by atoms with Crippen LogP contribution in [-0.2, 0) is 9.47 Å². The summed E-state index contributed by atoms with van der Waals surface area (Å²) in [6.45, 7) is -6.58. The first-order chi connectivity index (χ1) is 22.6. The Balaban J connectivity index is -0.000000816. The molecule has 33 heavy (non-hydrogen) atoms. The van der Waals surface area contributed by atoms with Crippen molar-refractivity contribution in [3.8, 4) is 0 Å². The fraction of sp³-hybridized carbons (Fsp3) is 0.364. The zero-order valence-electron chi connectivity index (χ0n) is 37.0. The van der Waals surface area contributed by atoms with Gasteiger partial charge in [0.2, 0.25) is 0 Å². The minimum atomic E-state index is -3.65. The number of nitrogens with two attached hydrogens (primary N) is 1. The third kappa shape index (κ3) is 19.2. The van der Waals surface area contributed by atoms with E-state index in [0.29, 0.717) is 0 Å². The van der Waals surface area contributed by atoms with Gasteiger partial charge in [0.15, 0.2) is 0 Å². The lowest BCUT2D eigenvalue weighted by atomic mass is 10.1. The van der Waals surface area contributed by atoms with E-state index in [-0.39, 0.29) is 27.0 Å². The quantitative estimate of drug-likeness (QED) is 0.392. The van der Waals surface area contributed by atoms with Crippen molar-refractivity contribution in [3.63, 3.8) is 0 Å². The highest BCUT2D eigenvalue weighted by Crippen LogP contribution is 2.15. The molecule has 188 valence electrons. The number of amides is 1. The second kappa shape index (κ2) is 23.2. The zero-order valence-corrected chi connectivity index (χ0v) is 19.7. The molecular formula is C22H35ClN2O6S2. The maximum absolute atomic E-state index is 11.2. The van der Waals surface area contributed by atoms with Gasteiger partial charge in [0, 0.05) is 29.1 Å². The van der Waals surface area contributed by atoms with E-state index in [1.54, 1.807) is 0 Å². The smallest absolute Gasteiger partial charge is 0.406 e. The third-order valence-electron chi connectivity index (χ3n) is 2.36. The number of alkyl carbamates (subject to hydrolysis) is 1. The van der Waals surface area contributed by atoms with E-state index < -0.39 is 121 Å². The first-order valence-electron chi connectivity index (χ1n) is 17.6. The molecule has 2 aromatic rings. The standard InChI is InChI=1S/C11H15NO3.C9H13NO.C2H3ClO2.2H2S/c1-15-11(14)12-8-7-10(13)9-5-3-2-4-6-9;10-7-6-9(11)8-4-2-1-3-5-8;1-5-2(3)4;;/h2-6,10,13H,7-8H2,1H3,(H,12,14);1-5,9,11H,6-7,10H2;1H3;2*1H2/t10-;9-;;;/m00.../s1/i2D,3D,4D,5D,6D,7D2,8D2,10D;1D,2D,3D,4D,5D,6D2,7D2,9D;;;. The maximum Gasteiger partial charge on any atom is 0.406 e. The number of rotatable bonds is 7. The summed E-state index contributed by atoms with van der Waals surface area (Å²) in [7, 11) is 2.10. The topological polar surface area (TPSA) is 131 Å². The Bertz CT molecular complexity index is 1590. The molecule has 0 heterocycles. The summed E-state index contributed by atoms with van der Waals surface area (Å²) >= 11 is 4.60. The van der Waals surface area contributed by atoms with Gasteiger partial charge in [-0.05, 0) is 30.4 Å².